The summed E-state index contributed by atoms with van der Waals surface area (Å²) in [6, 6.07) is 90.2. The van der Waals surface area contributed by atoms with E-state index < -0.39 is 0 Å². The molecule has 16 rings (SSSR count). The van der Waals surface area contributed by atoms with E-state index in [2.05, 4.69) is 243 Å². The maximum atomic E-state index is 6.74. The molecular formula is C70H40O. The summed E-state index contributed by atoms with van der Waals surface area (Å²) in [5.74, 6) is 0. The average molecular weight is 897 g/mol. The van der Waals surface area contributed by atoms with E-state index in [0.29, 0.717) is 0 Å². The Hall–Kier alpha value is -9.30. The van der Waals surface area contributed by atoms with Gasteiger partial charge in [-0.1, -0.05) is 212 Å². The van der Waals surface area contributed by atoms with Crippen molar-refractivity contribution < 1.29 is 4.42 Å². The van der Waals surface area contributed by atoms with E-state index in [-0.39, 0.29) is 0 Å². The Morgan fingerprint density at radius 3 is 0.789 bits per heavy atom. The number of fused-ring (bicyclic) bond motifs is 19. The van der Waals surface area contributed by atoms with Crippen molar-refractivity contribution in [1.82, 2.24) is 0 Å². The fraction of sp³-hybridized carbons (Fsp3) is 0. The molecule has 0 aliphatic rings. The highest BCUT2D eigenvalue weighted by molar-refractivity contribution is 6.32. The third kappa shape index (κ3) is 5.41. The van der Waals surface area contributed by atoms with Crippen LogP contribution in [0.5, 0.6) is 0 Å². The SMILES string of the molecule is c1ccc2c(-c3c4ccccc4c(-c4ccc5c6ccccc6c6ccccc6c5c4)c4ccccc34)c3ccccc3c(-c3ccc4oc5cc6c7ccccc7c7ccccc7c6cc5c4c3)c2c1. The van der Waals surface area contributed by atoms with Gasteiger partial charge in [-0.2, -0.15) is 0 Å². The van der Waals surface area contributed by atoms with Crippen molar-refractivity contribution in [3.63, 3.8) is 0 Å². The van der Waals surface area contributed by atoms with Crippen LogP contribution in [-0.2, 0) is 0 Å². The Morgan fingerprint density at radius 1 is 0.155 bits per heavy atom. The van der Waals surface area contributed by atoms with Gasteiger partial charge in [-0.25, -0.2) is 0 Å². The minimum absolute atomic E-state index is 0.892. The lowest BCUT2D eigenvalue weighted by Gasteiger charge is -2.22. The summed E-state index contributed by atoms with van der Waals surface area (Å²) in [5, 5.41) is 27.3. The van der Waals surface area contributed by atoms with Gasteiger partial charge < -0.3 is 4.42 Å². The number of hydrogen-bond donors (Lipinski definition) is 0. The number of benzene rings is 15. The van der Waals surface area contributed by atoms with Crippen LogP contribution < -0.4 is 0 Å². The maximum absolute atomic E-state index is 6.74. The van der Waals surface area contributed by atoms with E-state index in [0.717, 1.165) is 21.9 Å². The van der Waals surface area contributed by atoms with Gasteiger partial charge in [0.2, 0.25) is 0 Å². The summed E-state index contributed by atoms with van der Waals surface area (Å²) in [6.07, 6.45) is 0. The standard InChI is InChI=1S/C70H40O/c1-2-21-47-43(17-1)44-18-3-6-22-48(44)60-37-41(33-35-51(47)60)67-52-25-9-13-29-56(52)69(57-30-14-10-26-53(57)67)70-58-31-15-11-27-54(58)68(55-28-12-16-32-59(55)70)42-34-36-65-63(38-42)64-39-61-49-23-7-4-19-45(49)46-20-5-8-24-50(46)62(61)40-66(64)71-65/h1-40H. The van der Waals surface area contributed by atoms with Crippen molar-refractivity contribution in [1.29, 1.82) is 0 Å². The zero-order valence-electron chi connectivity index (χ0n) is 38.5. The topological polar surface area (TPSA) is 13.1 Å². The van der Waals surface area contributed by atoms with E-state index in [1.807, 2.05) is 0 Å². The van der Waals surface area contributed by atoms with Crippen molar-refractivity contribution >= 4 is 130 Å². The van der Waals surface area contributed by atoms with Crippen LogP contribution in [0.4, 0.5) is 0 Å². The van der Waals surface area contributed by atoms with Crippen LogP contribution in [0, 0.1) is 0 Å². The lowest BCUT2D eigenvalue weighted by atomic mass is 9.80. The number of rotatable bonds is 3. The van der Waals surface area contributed by atoms with Crippen LogP contribution in [0.15, 0.2) is 247 Å². The van der Waals surface area contributed by atoms with Gasteiger partial charge in [0, 0.05) is 10.8 Å². The molecule has 0 N–H and O–H groups in total. The minimum atomic E-state index is 0.892. The van der Waals surface area contributed by atoms with Crippen LogP contribution in [0.3, 0.4) is 0 Å². The van der Waals surface area contributed by atoms with Crippen molar-refractivity contribution in [2.45, 2.75) is 0 Å². The monoisotopic (exact) mass is 896 g/mol. The molecule has 0 aliphatic heterocycles. The van der Waals surface area contributed by atoms with Gasteiger partial charge in [0.25, 0.3) is 0 Å². The van der Waals surface area contributed by atoms with Gasteiger partial charge in [0.1, 0.15) is 11.2 Å². The molecule has 0 atom stereocenters. The molecule has 0 saturated carbocycles. The van der Waals surface area contributed by atoms with Gasteiger partial charge in [-0.3, -0.25) is 0 Å². The predicted octanol–water partition coefficient (Wildman–Crippen LogP) is 20.1. The zero-order chi connectivity index (χ0) is 46.3. The summed E-state index contributed by atoms with van der Waals surface area (Å²) in [5.41, 5.74) is 9.21. The van der Waals surface area contributed by atoms with Crippen molar-refractivity contribution in [3.8, 4) is 33.4 Å². The van der Waals surface area contributed by atoms with Crippen LogP contribution in [0.1, 0.15) is 0 Å². The molecule has 0 aliphatic carbocycles. The van der Waals surface area contributed by atoms with Crippen LogP contribution >= 0.6 is 0 Å². The first-order valence-electron chi connectivity index (χ1n) is 24.7. The Labute approximate surface area is 408 Å². The zero-order valence-corrected chi connectivity index (χ0v) is 38.5. The fourth-order valence-corrected chi connectivity index (χ4v) is 12.8. The Bertz CT molecular complexity index is 4840. The molecule has 0 unspecified atom stereocenters. The molecule has 0 spiro atoms. The first-order valence-corrected chi connectivity index (χ1v) is 24.7. The first-order chi connectivity index (χ1) is 35.2. The van der Waals surface area contributed by atoms with Gasteiger partial charge >= 0.3 is 0 Å². The third-order valence-electron chi connectivity index (χ3n) is 15.8. The maximum Gasteiger partial charge on any atom is 0.136 e. The quantitative estimate of drug-likeness (QED) is 0.127. The Balaban J connectivity index is 0.954. The molecule has 1 heterocycles. The Kier molecular flexibility index (Phi) is 7.95. The fourth-order valence-electron chi connectivity index (χ4n) is 12.8. The molecule has 326 valence electrons. The second kappa shape index (κ2) is 14.6. The van der Waals surface area contributed by atoms with Gasteiger partial charge in [0.05, 0.1) is 0 Å². The molecule has 71 heavy (non-hydrogen) atoms. The van der Waals surface area contributed by atoms with Crippen molar-refractivity contribution in [2.24, 2.45) is 0 Å². The number of furan rings is 1. The molecule has 0 radical (unpaired) electrons. The summed E-state index contributed by atoms with van der Waals surface area (Å²) in [7, 11) is 0. The molecule has 0 fully saturated rings. The van der Waals surface area contributed by atoms with E-state index in [4.69, 9.17) is 4.42 Å². The molecule has 1 heteroatoms. The van der Waals surface area contributed by atoms with Gasteiger partial charge in [-0.05, 0) is 171 Å². The Morgan fingerprint density at radius 2 is 0.408 bits per heavy atom. The third-order valence-corrected chi connectivity index (χ3v) is 15.8. The van der Waals surface area contributed by atoms with E-state index in [1.54, 1.807) is 0 Å². The molecule has 0 bridgehead atoms. The largest absolute Gasteiger partial charge is 0.456 e. The van der Waals surface area contributed by atoms with Crippen LogP contribution in [0.25, 0.3) is 163 Å². The smallest absolute Gasteiger partial charge is 0.136 e. The molecule has 1 nitrogen and oxygen atoms in total. The summed E-state index contributed by atoms with van der Waals surface area (Å²) >= 11 is 0. The summed E-state index contributed by atoms with van der Waals surface area (Å²) in [4.78, 5) is 0. The van der Waals surface area contributed by atoms with Crippen molar-refractivity contribution in [3.05, 3.63) is 243 Å². The molecule has 0 amide bonds. The van der Waals surface area contributed by atoms with Crippen molar-refractivity contribution in [2.75, 3.05) is 0 Å². The molecule has 15 aromatic carbocycles. The highest BCUT2D eigenvalue weighted by Crippen LogP contribution is 2.51. The van der Waals surface area contributed by atoms with E-state index >= 15 is 0 Å². The second-order valence-electron chi connectivity index (χ2n) is 19.3. The molecular weight excluding hydrogens is 857 g/mol. The van der Waals surface area contributed by atoms with Gasteiger partial charge in [-0.15, -0.1) is 0 Å². The molecule has 1 aromatic heterocycles. The highest BCUT2D eigenvalue weighted by Gasteiger charge is 2.24. The lowest BCUT2D eigenvalue weighted by Crippen LogP contribution is -1.94. The van der Waals surface area contributed by atoms with E-state index in [9.17, 15) is 0 Å². The first kappa shape index (κ1) is 38.6. The molecule has 0 saturated heterocycles. The average Bonchev–Trinajstić information content (AvgIpc) is 3.80. The normalized spacial score (nSPS) is 12.2. The summed E-state index contributed by atoms with van der Waals surface area (Å²) in [6.45, 7) is 0. The summed E-state index contributed by atoms with van der Waals surface area (Å²) < 4.78 is 6.74. The minimum Gasteiger partial charge on any atom is -0.456 e. The van der Waals surface area contributed by atoms with Gasteiger partial charge in [0.15, 0.2) is 0 Å². The number of hydrogen-bond acceptors (Lipinski definition) is 1. The second-order valence-corrected chi connectivity index (χ2v) is 19.3. The van der Waals surface area contributed by atoms with Crippen LogP contribution in [0.2, 0.25) is 0 Å². The van der Waals surface area contributed by atoms with E-state index in [1.165, 1.54) is 141 Å². The van der Waals surface area contributed by atoms with Crippen LogP contribution in [-0.4, -0.2) is 0 Å². The molecule has 16 aromatic rings. The lowest BCUT2D eigenvalue weighted by molar-refractivity contribution is 0.669. The highest BCUT2D eigenvalue weighted by atomic mass is 16.3. The predicted molar refractivity (Wildman–Crippen MR) is 305 cm³/mol.